The van der Waals surface area contributed by atoms with Crippen LogP contribution >= 0.6 is 11.8 Å². The quantitative estimate of drug-likeness (QED) is 0.511. The Hall–Kier alpha value is -2.99. The molecule has 0 bridgehead atoms. The van der Waals surface area contributed by atoms with Gasteiger partial charge < -0.3 is 14.1 Å². The van der Waals surface area contributed by atoms with Crippen molar-refractivity contribution in [2.75, 3.05) is 7.11 Å². The molecule has 0 radical (unpaired) electrons. The Morgan fingerprint density at radius 1 is 1.08 bits per heavy atom. The van der Waals surface area contributed by atoms with Gasteiger partial charge in [0.25, 0.3) is 0 Å². The van der Waals surface area contributed by atoms with E-state index in [1.807, 2.05) is 60.7 Å². The molecule has 0 fully saturated rings. The summed E-state index contributed by atoms with van der Waals surface area (Å²) in [5, 5.41) is 1.56. The summed E-state index contributed by atoms with van der Waals surface area (Å²) in [5.74, 6) is 1.50. The van der Waals surface area contributed by atoms with Gasteiger partial charge in [0.1, 0.15) is 11.5 Å². The van der Waals surface area contributed by atoms with Crippen LogP contribution in [0.5, 0.6) is 5.75 Å². The van der Waals surface area contributed by atoms with Crippen LogP contribution in [0.2, 0.25) is 0 Å². The number of H-pyrrole nitrogens is 1. The van der Waals surface area contributed by atoms with E-state index in [2.05, 4.69) is 15.0 Å². The van der Waals surface area contributed by atoms with Crippen molar-refractivity contribution in [1.29, 1.82) is 0 Å². The fraction of sp³-hybridized carbons (Fsp3) is 0.0526. The zero-order valence-corrected chi connectivity index (χ0v) is 14.3. The second-order valence-electron chi connectivity index (χ2n) is 5.27. The van der Waals surface area contributed by atoms with Crippen molar-refractivity contribution in [2.45, 2.75) is 10.2 Å². The fourth-order valence-corrected chi connectivity index (χ4v) is 3.11. The summed E-state index contributed by atoms with van der Waals surface area (Å²) < 4.78 is 10.9. The second kappa shape index (κ2) is 6.86. The Bertz CT molecular complexity index is 986. The molecule has 1 N–H and O–H groups in total. The van der Waals surface area contributed by atoms with E-state index in [0.717, 1.165) is 32.7 Å². The number of para-hydroxylation sites is 2. The highest BCUT2D eigenvalue weighted by Gasteiger charge is 2.07. The molecule has 4 rings (SSSR count). The van der Waals surface area contributed by atoms with Gasteiger partial charge in [0.15, 0.2) is 10.2 Å². The first-order chi connectivity index (χ1) is 12.3. The van der Waals surface area contributed by atoms with Crippen molar-refractivity contribution < 1.29 is 9.15 Å². The molecule has 6 heteroatoms. The standard InChI is InChI=1S/C19H15N3O2S/c1-23-14-8-6-13(7-9-14)20-12-15-10-11-18(24-15)25-19-21-16-4-2-3-5-17(16)22-19/h2-12H,1H3,(H,21,22). The van der Waals surface area contributed by atoms with Crippen LogP contribution in [0.4, 0.5) is 5.69 Å². The topological polar surface area (TPSA) is 63.4 Å². The number of imidazole rings is 1. The smallest absolute Gasteiger partial charge is 0.174 e. The molecule has 0 amide bonds. The largest absolute Gasteiger partial charge is 0.497 e. The molecule has 124 valence electrons. The summed E-state index contributed by atoms with van der Waals surface area (Å²) in [4.78, 5) is 12.2. The number of aromatic amines is 1. The van der Waals surface area contributed by atoms with Crippen LogP contribution in [-0.4, -0.2) is 23.3 Å². The third-order valence-corrected chi connectivity index (χ3v) is 4.39. The molecule has 0 saturated heterocycles. The molecule has 4 aromatic rings. The number of nitrogens with one attached hydrogen (secondary N) is 1. The zero-order chi connectivity index (χ0) is 17.1. The van der Waals surface area contributed by atoms with Crippen molar-refractivity contribution in [2.24, 2.45) is 4.99 Å². The molecule has 0 saturated carbocycles. The van der Waals surface area contributed by atoms with E-state index in [1.54, 1.807) is 13.3 Å². The van der Waals surface area contributed by atoms with Crippen molar-refractivity contribution in [1.82, 2.24) is 9.97 Å². The average molecular weight is 349 g/mol. The zero-order valence-electron chi connectivity index (χ0n) is 13.5. The molecule has 2 aromatic carbocycles. The van der Waals surface area contributed by atoms with E-state index >= 15 is 0 Å². The van der Waals surface area contributed by atoms with Crippen molar-refractivity contribution in [3.8, 4) is 5.75 Å². The van der Waals surface area contributed by atoms with Gasteiger partial charge in [0.05, 0.1) is 30.0 Å². The highest BCUT2D eigenvalue weighted by Crippen LogP contribution is 2.28. The number of furan rings is 1. The molecular weight excluding hydrogens is 334 g/mol. The van der Waals surface area contributed by atoms with Gasteiger partial charge in [-0.3, -0.25) is 4.99 Å². The predicted octanol–water partition coefficient (Wildman–Crippen LogP) is 5.07. The first-order valence-electron chi connectivity index (χ1n) is 7.71. The lowest BCUT2D eigenvalue weighted by atomic mass is 10.3. The molecule has 0 aliphatic heterocycles. The van der Waals surface area contributed by atoms with Gasteiger partial charge in [-0.1, -0.05) is 12.1 Å². The second-order valence-corrected chi connectivity index (χ2v) is 6.27. The number of methoxy groups -OCH3 is 1. The Balaban J connectivity index is 1.46. The summed E-state index contributed by atoms with van der Waals surface area (Å²) in [5.41, 5.74) is 2.79. The van der Waals surface area contributed by atoms with Crippen LogP contribution in [0.1, 0.15) is 5.76 Å². The van der Waals surface area contributed by atoms with E-state index in [-0.39, 0.29) is 0 Å². The summed E-state index contributed by atoms with van der Waals surface area (Å²) in [7, 11) is 1.64. The van der Waals surface area contributed by atoms with E-state index in [0.29, 0.717) is 5.76 Å². The number of benzene rings is 2. The van der Waals surface area contributed by atoms with E-state index in [1.165, 1.54) is 11.8 Å². The van der Waals surface area contributed by atoms with Crippen LogP contribution in [0.15, 0.2) is 80.3 Å². The van der Waals surface area contributed by atoms with Crippen LogP contribution in [-0.2, 0) is 0 Å². The summed E-state index contributed by atoms with van der Waals surface area (Å²) in [6.07, 6.45) is 1.70. The monoisotopic (exact) mass is 349 g/mol. The molecule has 25 heavy (non-hydrogen) atoms. The van der Waals surface area contributed by atoms with Gasteiger partial charge >= 0.3 is 0 Å². The number of aromatic nitrogens is 2. The summed E-state index contributed by atoms with van der Waals surface area (Å²) >= 11 is 1.45. The van der Waals surface area contributed by atoms with E-state index in [9.17, 15) is 0 Å². The molecule has 0 aliphatic carbocycles. The summed E-state index contributed by atoms with van der Waals surface area (Å²) in [6.45, 7) is 0. The molecule has 2 aromatic heterocycles. The maximum Gasteiger partial charge on any atom is 0.174 e. The molecule has 0 unspecified atom stereocenters. The van der Waals surface area contributed by atoms with E-state index < -0.39 is 0 Å². The number of ether oxygens (including phenoxy) is 1. The van der Waals surface area contributed by atoms with Gasteiger partial charge in [-0.2, -0.15) is 0 Å². The predicted molar refractivity (Wildman–Crippen MR) is 99.2 cm³/mol. The Kier molecular flexibility index (Phi) is 4.26. The number of fused-ring (bicyclic) bond motifs is 1. The SMILES string of the molecule is COc1ccc(N=Cc2ccc(Sc3nc4ccccc4[nH]3)o2)cc1. The van der Waals surface area contributed by atoms with Crippen molar-refractivity contribution in [3.63, 3.8) is 0 Å². The van der Waals surface area contributed by atoms with Gasteiger partial charge in [-0.05, 0) is 60.3 Å². The van der Waals surface area contributed by atoms with Crippen molar-refractivity contribution >= 4 is 34.7 Å². The maximum absolute atomic E-state index is 5.78. The van der Waals surface area contributed by atoms with Crippen LogP contribution in [0.25, 0.3) is 11.0 Å². The maximum atomic E-state index is 5.78. The fourth-order valence-electron chi connectivity index (χ4n) is 2.34. The lowest BCUT2D eigenvalue weighted by molar-refractivity contribution is 0.415. The third-order valence-electron chi connectivity index (χ3n) is 3.58. The van der Waals surface area contributed by atoms with Gasteiger partial charge in [0.2, 0.25) is 0 Å². The minimum atomic E-state index is 0.689. The summed E-state index contributed by atoms with van der Waals surface area (Å²) in [6, 6.07) is 19.3. The lowest BCUT2D eigenvalue weighted by Crippen LogP contribution is -1.80. The van der Waals surface area contributed by atoms with Gasteiger partial charge in [0, 0.05) is 0 Å². The van der Waals surface area contributed by atoms with Gasteiger partial charge in [-0.15, -0.1) is 0 Å². The molecule has 0 spiro atoms. The van der Waals surface area contributed by atoms with Gasteiger partial charge in [-0.25, -0.2) is 4.98 Å². The Morgan fingerprint density at radius 3 is 2.72 bits per heavy atom. The number of hydrogen-bond acceptors (Lipinski definition) is 5. The Labute approximate surface area is 148 Å². The minimum absolute atomic E-state index is 0.689. The third kappa shape index (κ3) is 3.59. The number of hydrogen-bond donors (Lipinski definition) is 1. The molecular formula is C19H15N3O2S. The average Bonchev–Trinajstić information content (AvgIpc) is 3.26. The van der Waals surface area contributed by atoms with Crippen LogP contribution < -0.4 is 4.74 Å². The first-order valence-corrected chi connectivity index (χ1v) is 8.52. The number of nitrogens with zero attached hydrogens (tertiary/aromatic N) is 2. The molecule has 2 heterocycles. The molecule has 5 nitrogen and oxygen atoms in total. The minimum Gasteiger partial charge on any atom is -0.497 e. The normalized spacial score (nSPS) is 11.4. The number of rotatable bonds is 5. The van der Waals surface area contributed by atoms with E-state index in [4.69, 9.17) is 9.15 Å². The lowest BCUT2D eigenvalue weighted by Gasteiger charge is -1.98. The van der Waals surface area contributed by atoms with Crippen molar-refractivity contribution in [3.05, 3.63) is 66.4 Å². The van der Waals surface area contributed by atoms with Crippen LogP contribution in [0, 0.1) is 0 Å². The first kappa shape index (κ1) is 15.5. The highest BCUT2D eigenvalue weighted by atomic mass is 32.2. The molecule has 0 atom stereocenters. The Morgan fingerprint density at radius 2 is 1.92 bits per heavy atom. The van der Waals surface area contributed by atoms with Crippen LogP contribution in [0.3, 0.4) is 0 Å². The highest BCUT2D eigenvalue weighted by molar-refractivity contribution is 7.99. The number of aliphatic imine (C=N–C) groups is 1. The molecule has 0 aliphatic rings.